The van der Waals surface area contributed by atoms with Crippen LogP contribution in [0.5, 0.6) is 5.75 Å². The van der Waals surface area contributed by atoms with Crippen LogP contribution in [-0.4, -0.2) is 134 Å². The molecule has 136 heavy (non-hydrogen) atoms. The third-order valence-electron chi connectivity index (χ3n) is 19.6. The number of hydrogen-bond donors (Lipinski definition) is 6. The van der Waals surface area contributed by atoms with Crippen molar-refractivity contribution in [3.05, 3.63) is 350 Å². The second-order valence-corrected chi connectivity index (χ2v) is 30.2. The van der Waals surface area contributed by atoms with Crippen molar-refractivity contribution in [1.29, 1.82) is 0 Å². The summed E-state index contributed by atoms with van der Waals surface area (Å²) in [4.78, 5) is 65.0. The Hall–Kier alpha value is -17.8. The van der Waals surface area contributed by atoms with Gasteiger partial charge < -0.3 is 61.9 Å². The third-order valence-corrected chi connectivity index (χ3v) is 20.5. The van der Waals surface area contributed by atoms with E-state index in [1.807, 2.05) is 113 Å². The Balaban J connectivity index is 0.000000138. The summed E-state index contributed by atoms with van der Waals surface area (Å²) in [6.07, 6.45) is -4.55. The molecule has 0 radical (unpaired) electrons. The maximum Gasteiger partial charge on any atom is 0.417 e. The van der Waals surface area contributed by atoms with Gasteiger partial charge in [0.2, 0.25) is 64.8 Å². The van der Waals surface area contributed by atoms with Gasteiger partial charge in [0.1, 0.15) is 5.75 Å². The Bertz CT molecular complexity index is 7290. The van der Waals surface area contributed by atoms with Crippen LogP contribution >= 0.6 is 15.9 Å². The first-order chi connectivity index (χ1) is 65.1. The molecule has 684 valence electrons. The van der Waals surface area contributed by atoms with Crippen molar-refractivity contribution >= 4 is 51.7 Å². The molecule has 37 heteroatoms. The number of para-hydroxylation sites is 1. The van der Waals surface area contributed by atoms with Gasteiger partial charge in [-0.3, -0.25) is 0 Å². The summed E-state index contributed by atoms with van der Waals surface area (Å²) in [6.45, 7) is 11.3. The largest absolute Gasteiger partial charge is 0.493 e. The Morgan fingerprint density at radius 1 is 0.294 bits per heavy atom. The van der Waals surface area contributed by atoms with Gasteiger partial charge in [-0.2, -0.15) is 13.2 Å². The zero-order valence-corrected chi connectivity index (χ0v) is 73.5. The van der Waals surface area contributed by atoms with Crippen molar-refractivity contribution in [2.24, 2.45) is 0 Å². The monoisotopic (exact) mass is 1910 g/mol. The molecule has 0 bridgehead atoms. The Morgan fingerprint density at radius 2 is 0.574 bits per heavy atom. The van der Waals surface area contributed by atoms with Gasteiger partial charge in [-0.15, -0.1) is 61.2 Å². The number of nitrogens with zero attached hydrogens (tertiary/aromatic N) is 12. The van der Waals surface area contributed by atoms with Gasteiger partial charge in [-0.05, 0) is 258 Å². The number of carboxylic acid groups (broad SMARTS) is 6. The number of rotatable bonds is 21. The summed E-state index contributed by atoms with van der Waals surface area (Å²) in [5.41, 5.74) is 11.6. The number of aromatic carboxylic acids is 6. The van der Waals surface area contributed by atoms with Gasteiger partial charge in [-0.25, -0.2) is 37.5 Å². The zero-order valence-electron chi connectivity index (χ0n) is 71.9. The molecule has 0 atom stereocenters. The first kappa shape index (κ1) is 95.8. The highest BCUT2D eigenvalue weighted by molar-refractivity contribution is 9.10. The molecule has 6 heterocycles. The molecule has 0 fully saturated rings. The van der Waals surface area contributed by atoms with Crippen LogP contribution in [-0.2, 0) is 12.1 Å². The number of benzene rings is 12. The Labute approximate surface area is 775 Å². The topological polar surface area (TPSA) is 467 Å². The van der Waals surface area contributed by atoms with E-state index in [0.29, 0.717) is 98.4 Å². The second-order valence-electron chi connectivity index (χ2n) is 29.4. The lowest BCUT2D eigenvalue weighted by molar-refractivity contribution is -0.137. The molecule has 0 aliphatic heterocycles. The maximum atomic E-state index is 13.4. The van der Waals surface area contributed by atoms with Gasteiger partial charge in [0, 0.05) is 72.6 Å². The first-order valence-corrected chi connectivity index (χ1v) is 41.2. The number of aromatic nitrogens is 12. The summed E-state index contributed by atoms with van der Waals surface area (Å²) in [6, 6.07) is 74.3. The van der Waals surface area contributed by atoms with Gasteiger partial charge in [0.15, 0.2) is 0 Å². The average molecular weight is 1910 g/mol. The van der Waals surface area contributed by atoms with E-state index in [2.05, 4.69) is 83.2 Å². The highest BCUT2D eigenvalue weighted by Crippen LogP contribution is 2.40. The minimum Gasteiger partial charge on any atom is -0.493 e. The average Bonchev–Trinajstić information content (AvgIpc) is 1.56. The number of carboxylic acids is 6. The highest BCUT2D eigenvalue weighted by atomic mass is 79.9. The number of hydrogen-bond acceptors (Lipinski definition) is 25. The Kier molecular flexibility index (Phi) is 30.2. The van der Waals surface area contributed by atoms with Crippen LogP contribution in [0.25, 0.3) is 137 Å². The molecule has 18 rings (SSSR count). The lowest BCUT2D eigenvalue weighted by atomic mass is 10.1. The molecule has 0 spiro atoms. The SMILES string of the molecule is CC(F)(F)c1cccc(-c2nnc(-c3ccc(C(=O)O)cc3)o2)c1.CCOc1ccccc1-c1nnc(-c2ccc(C(=O)O)cc2)o1.Cc1ccc(-c2nnc(-c3ccc(C(=O)O)cc3)o2)c(C)c1.Cc1ccc(-c2nnc(-c3ccc(C(=O)O)cc3)o2)cc1.Cc1ccc(-c2nnc(-c3ccc(C(=O)O)cc3)o2)cc1Br.O=C(O)c1ccc(-c2nnc(-c3ccccc3C(F)(F)F)o2)cc1. The van der Waals surface area contributed by atoms with E-state index in [-0.39, 0.29) is 68.1 Å². The Morgan fingerprint density at radius 3 is 0.897 bits per heavy atom. The minimum absolute atomic E-state index is 0.00100. The molecule has 0 unspecified atom stereocenters. The van der Waals surface area contributed by atoms with Crippen molar-refractivity contribution in [3.8, 4) is 143 Å². The molecule has 12 aromatic carbocycles. The van der Waals surface area contributed by atoms with E-state index in [1.165, 1.54) is 139 Å². The molecule has 6 N–H and O–H groups in total. The predicted octanol–water partition coefficient (Wildman–Crippen LogP) is 23.1. The van der Waals surface area contributed by atoms with Gasteiger partial charge in [0.25, 0.3) is 11.8 Å². The van der Waals surface area contributed by atoms with Crippen molar-refractivity contribution in [2.75, 3.05) is 6.61 Å². The molecule has 6 aromatic heterocycles. The van der Waals surface area contributed by atoms with Crippen LogP contribution in [0.15, 0.2) is 310 Å². The first-order valence-electron chi connectivity index (χ1n) is 40.4. The van der Waals surface area contributed by atoms with E-state index < -0.39 is 53.5 Å². The lowest BCUT2D eigenvalue weighted by Gasteiger charge is -2.10. The van der Waals surface area contributed by atoms with Crippen LogP contribution in [0, 0.1) is 27.7 Å². The van der Waals surface area contributed by atoms with Crippen LogP contribution in [0.4, 0.5) is 22.0 Å². The predicted molar refractivity (Wildman–Crippen MR) is 485 cm³/mol. The highest BCUT2D eigenvalue weighted by Gasteiger charge is 2.35. The normalized spacial score (nSPS) is 10.9. The van der Waals surface area contributed by atoms with Crippen molar-refractivity contribution < 1.29 is 113 Å². The fraction of sp³-hybridized carbons (Fsp3) is 0.0909. The molecule has 0 amide bonds. The maximum absolute atomic E-state index is 13.4. The van der Waals surface area contributed by atoms with E-state index >= 15 is 0 Å². The van der Waals surface area contributed by atoms with Crippen molar-refractivity contribution in [1.82, 2.24) is 61.2 Å². The second kappa shape index (κ2) is 42.9. The third kappa shape index (κ3) is 24.5. The zero-order chi connectivity index (χ0) is 97.1. The van der Waals surface area contributed by atoms with Crippen molar-refractivity contribution in [3.63, 3.8) is 0 Å². The van der Waals surface area contributed by atoms with E-state index in [9.17, 15) is 50.7 Å². The number of halogens is 6. The van der Waals surface area contributed by atoms with E-state index in [0.717, 1.165) is 56.4 Å². The van der Waals surface area contributed by atoms with Crippen molar-refractivity contribution in [2.45, 2.75) is 53.6 Å². The summed E-state index contributed by atoms with van der Waals surface area (Å²) >= 11 is 3.47. The standard InChI is InChI=1S/C17H12F2N2O3.C17H14N2O4.C17H14N2O3.C16H11BrN2O3.C16H9F3N2O3.C16H12N2O3/c1-17(18,19)13-4-2-3-12(9-13)15-21-20-14(24-15)10-5-7-11(8-6-10)16(22)23;1-2-22-14-6-4-3-5-13(14)16-19-18-15(23-16)11-7-9-12(10-8-11)17(20)21;1-10-3-8-14(11(2)9-10)16-19-18-15(22-16)12-4-6-13(7-5-12)17(20)21;1-9-2-3-12(8-13(9)17)15-19-18-14(22-15)10-4-6-11(7-5-10)16(20)21;17-16(18,19)12-4-2-1-3-11(12)14-21-20-13(24-14)9-5-7-10(8-6-9)15(22)23;1-10-2-4-11(5-3-10)14-17-18-15(21-14)12-6-8-13(9-7-12)16(19)20/h2-9H,1H3,(H,22,23);3-10H,2H2,1H3,(H,20,21);3-9H,1-2H3,(H,20,21);2-8H,1H3,(H,20,21);1-8H,(H,22,23);2-9H,1H3,(H,19,20). The van der Waals surface area contributed by atoms with Crippen LogP contribution in [0.2, 0.25) is 0 Å². The number of aryl methyl sites for hydroxylation is 4. The molecule has 0 aliphatic rings. The molecule has 0 saturated carbocycles. The summed E-state index contributed by atoms with van der Waals surface area (Å²) in [5, 5.41) is 101. The molecule has 0 aliphatic carbocycles. The van der Waals surface area contributed by atoms with Crippen LogP contribution in [0.1, 0.15) is 109 Å². The minimum atomic E-state index is -4.55. The van der Waals surface area contributed by atoms with Gasteiger partial charge >= 0.3 is 42.0 Å². The fourth-order valence-electron chi connectivity index (χ4n) is 12.5. The lowest BCUT2D eigenvalue weighted by Crippen LogP contribution is -2.06. The molecular weight excluding hydrogens is 1840 g/mol. The number of carbonyl (C=O) groups is 6. The molecular formula is C99H72BrF5N12O19. The fourth-order valence-corrected chi connectivity index (χ4v) is 12.9. The number of ether oxygens (including phenoxy) is 1. The molecule has 0 saturated heterocycles. The van der Waals surface area contributed by atoms with Crippen LogP contribution in [0.3, 0.4) is 0 Å². The molecule has 31 nitrogen and oxygen atoms in total. The van der Waals surface area contributed by atoms with Crippen LogP contribution < -0.4 is 4.74 Å². The quantitative estimate of drug-likeness (QED) is 0.0364. The summed E-state index contributed by atoms with van der Waals surface area (Å²) in [5.74, 6) is -5.22. The van der Waals surface area contributed by atoms with Gasteiger partial charge in [0.05, 0.1) is 56.7 Å². The van der Waals surface area contributed by atoms with E-state index in [4.69, 9.17) is 61.9 Å². The number of alkyl halides is 5. The van der Waals surface area contributed by atoms with E-state index in [1.54, 1.807) is 54.6 Å². The summed E-state index contributed by atoms with van der Waals surface area (Å²) in [7, 11) is 0. The molecule has 18 aromatic rings. The van der Waals surface area contributed by atoms with Gasteiger partial charge in [-0.1, -0.05) is 93.8 Å². The smallest absolute Gasteiger partial charge is 0.417 e. The summed E-state index contributed by atoms with van der Waals surface area (Å²) < 4.78 is 106.